The number of nitrogens with zero attached hydrogens (tertiary/aromatic N) is 2. The second-order valence-corrected chi connectivity index (χ2v) is 6.09. The van der Waals surface area contributed by atoms with E-state index >= 15 is 0 Å². The highest BCUT2D eigenvalue weighted by Crippen LogP contribution is 2.20. The van der Waals surface area contributed by atoms with Crippen molar-refractivity contribution < 1.29 is 13.9 Å². The molecule has 2 aromatic heterocycles. The lowest BCUT2D eigenvalue weighted by Gasteiger charge is -2.22. The SMILES string of the molecule is COC(=O)c1ccc2c(=O)n(C[C@H](c3ccco3)N(C)C)c(=O)[nH]c2c1. The van der Waals surface area contributed by atoms with Crippen LogP contribution >= 0.6 is 0 Å². The second-order valence-electron chi connectivity index (χ2n) is 6.09. The van der Waals surface area contributed by atoms with Crippen LogP contribution in [-0.4, -0.2) is 41.6 Å². The van der Waals surface area contributed by atoms with Crippen LogP contribution in [0.2, 0.25) is 0 Å². The Hall–Kier alpha value is -3.13. The maximum atomic E-state index is 12.8. The monoisotopic (exact) mass is 357 g/mol. The Balaban J connectivity index is 2.08. The summed E-state index contributed by atoms with van der Waals surface area (Å²) in [5, 5.41) is 0.314. The zero-order chi connectivity index (χ0) is 18.8. The molecule has 136 valence electrons. The lowest BCUT2D eigenvalue weighted by Crippen LogP contribution is -2.39. The Labute approximate surface area is 148 Å². The molecular weight excluding hydrogens is 338 g/mol. The van der Waals surface area contributed by atoms with Crippen molar-refractivity contribution in [3.05, 3.63) is 68.8 Å². The molecule has 3 rings (SSSR count). The van der Waals surface area contributed by atoms with Gasteiger partial charge in [-0.3, -0.25) is 14.3 Å². The maximum absolute atomic E-state index is 12.8. The Morgan fingerprint density at radius 1 is 1.31 bits per heavy atom. The lowest BCUT2D eigenvalue weighted by molar-refractivity contribution is 0.0601. The first-order chi connectivity index (χ1) is 12.4. The third-order valence-corrected chi connectivity index (χ3v) is 4.25. The highest BCUT2D eigenvalue weighted by Gasteiger charge is 2.20. The number of carbonyl (C=O) groups excluding carboxylic acids is 1. The van der Waals surface area contributed by atoms with Gasteiger partial charge in [0.1, 0.15) is 5.76 Å². The fraction of sp³-hybridized carbons (Fsp3) is 0.278. The molecule has 8 nitrogen and oxygen atoms in total. The van der Waals surface area contributed by atoms with Crippen molar-refractivity contribution in [3.8, 4) is 0 Å². The number of aromatic amines is 1. The predicted octanol–water partition coefficient (Wildman–Crippen LogP) is 1.37. The van der Waals surface area contributed by atoms with E-state index in [-0.39, 0.29) is 18.2 Å². The zero-order valence-electron chi connectivity index (χ0n) is 14.7. The van der Waals surface area contributed by atoms with Crippen molar-refractivity contribution in [2.45, 2.75) is 12.6 Å². The molecule has 0 aliphatic heterocycles. The van der Waals surface area contributed by atoms with Crippen molar-refractivity contribution in [1.29, 1.82) is 0 Å². The minimum absolute atomic E-state index is 0.128. The van der Waals surface area contributed by atoms with E-state index in [4.69, 9.17) is 4.42 Å². The standard InChI is InChI=1S/C18H19N3O5/c1-20(2)14(15-5-4-8-26-15)10-21-16(22)12-7-6-11(17(23)25-3)9-13(12)19-18(21)24/h4-9,14H,10H2,1-3H3,(H,19,24)/t14-/m1/s1. The summed E-state index contributed by atoms with van der Waals surface area (Å²) in [6, 6.07) is 7.71. The quantitative estimate of drug-likeness (QED) is 0.693. The van der Waals surface area contributed by atoms with Gasteiger partial charge in [-0.05, 0) is 44.4 Å². The molecule has 26 heavy (non-hydrogen) atoms. The number of esters is 1. The van der Waals surface area contributed by atoms with Crippen LogP contribution in [-0.2, 0) is 11.3 Å². The first-order valence-electron chi connectivity index (χ1n) is 7.97. The minimum atomic E-state index is -0.553. The maximum Gasteiger partial charge on any atom is 0.337 e. The van der Waals surface area contributed by atoms with Crippen LogP contribution in [0.25, 0.3) is 10.9 Å². The summed E-state index contributed by atoms with van der Waals surface area (Å²) >= 11 is 0. The summed E-state index contributed by atoms with van der Waals surface area (Å²) in [7, 11) is 4.95. The summed E-state index contributed by atoms with van der Waals surface area (Å²) in [6.45, 7) is 0.128. The summed E-state index contributed by atoms with van der Waals surface area (Å²) < 4.78 is 11.2. The largest absolute Gasteiger partial charge is 0.468 e. The Morgan fingerprint density at radius 2 is 2.08 bits per heavy atom. The van der Waals surface area contributed by atoms with Gasteiger partial charge in [-0.2, -0.15) is 0 Å². The molecule has 0 aliphatic rings. The number of nitrogens with one attached hydrogen (secondary N) is 1. The van der Waals surface area contributed by atoms with Crippen LogP contribution in [0.3, 0.4) is 0 Å². The van der Waals surface area contributed by atoms with E-state index in [1.165, 1.54) is 25.3 Å². The normalized spacial score (nSPS) is 12.5. The van der Waals surface area contributed by atoms with Crippen LogP contribution in [0.15, 0.2) is 50.6 Å². The number of fused-ring (bicyclic) bond motifs is 1. The minimum Gasteiger partial charge on any atom is -0.468 e. The van der Waals surface area contributed by atoms with Gasteiger partial charge >= 0.3 is 11.7 Å². The number of furan rings is 1. The van der Waals surface area contributed by atoms with Crippen molar-refractivity contribution in [2.24, 2.45) is 0 Å². The molecule has 1 aromatic carbocycles. The van der Waals surface area contributed by atoms with E-state index in [2.05, 4.69) is 9.72 Å². The predicted molar refractivity (Wildman–Crippen MR) is 95.3 cm³/mol. The summed E-state index contributed by atoms with van der Waals surface area (Å²) in [5.41, 5.74) is -0.436. The highest BCUT2D eigenvalue weighted by atomic mass is 16.5. The molecular formula is C18H19N3O5. The number of carbonyl (C=O) groups is 1. The van der Waals surface area contributed by atoms with E-state index in [9.17, 15) is 14.4 Å². The fourth-order valence-corrected chi connectivity index (χ4v) is 2.83. The molecule has 3 aromatic rings. The molecule has 2 heterocycles. The first kappa shape index (κ1) is 17.7. The van der Waals surface area contributed by atoms with E-state index < -0.39 is 17.2 Å². The van der Waals surface area contributed by atoms with Crippen molar-refractivity contribution in [1.82, 2.24) is 14.5 Å². The molecule has 1 atom stereocenters. The number of rotatable bonds is 5. The lowest BCUT2D eigenvalue weighted by atomic mass is 10.1. The third kappa shape index (κ3) is 3.18. The highest BCUT2D eigenvalue weighted by molar-refractivity contribution is 5.93. The number of H-pyrrole nitrogens is 1. The van der Waals surface area contributed by atoms with Crippen LogP contribution in [0.5, 0.6) is 0 Å². The average molecular weight is 357 g/mol. The molecule has 0 unspecified atom stereocenters. The average Bonchev–Trinajstić information content (AvgIpc) is 3.14. The number of ether oxygens (including phenoxy) is 1. The smallest absolute Gasteiger partial charge is 0.337 e. The van der Waals surface area contributed by atoms with Gasteiger partial charge in [0.15, 0.2) is 0 Å². The van der Waals surface area contributed by atoms with Gasteiger partial charge in [0.2, 0.25) is 0 Å². The van der Waals surface area contributed by atoms with Crippen molar-refractivity contribution >= 4 is 16.9 Å². The summed E-state index contributed by atoms with van der Waals surface area (Å²) in [6.07, 6.45) is 1.55. The number of benzene rings is 1. The molecule has 0 saturated heterocycles. The Kier molecular flexibility index (Phi) is 4.77. The summed E-state index contributed by atoms with van der Waals surface area (Å²) in [4.78, 5) is 41.4. The van der Waals surface area contributed by atoms with Gasteiger partial charge in [0.05, 0.1) is 42.4 Å². The Morgan fingerprint density at radius 3 is 2.69 bits per heavy atom. The van der Waals surface area contributed by atoms with Gasteiger partial charge in [-0.1, -0.05) is 0 Å². The number of hydrogen-bond acceptors (Lipinski definition) is 6. The van der Waals surface area contributed by atoms with Crippen LogP contribution in [0, 0.1) is 0 Å². The van der Waals surface area contributed by atoms with Crippen LogP contribution in [0.4, 0.5) is 0 Å². The number of aromatic nitrogens is 2. The van der Waals surface area contributed by atoms with Gasteiger partial charge < -0.3 is 14.1 Å². The topological polar surface area (TPSA) is 97.5 Å². The molecule has 0 fully saturated rings. The molecule has 0 spiro atoms. The molecule has 0 saturated carbocycles. The van der Waals surface area contributed by atoms with Gasteiger partial charge in [-0.15, -0.1) is 0 Å². The molecule has 0 bridgehead atoms. The van der Waals surface area contributed by atoms with Crippen LogP contribution in [0.1, 0.15) is 22.2 Å². The van der Waals surface area contributed by atoms with Crippen LogP contribution < -0.4 is 11.2 Å². The van der Waals surface area contributed by atoms with E-state index in [1.54, 1.807) is 18.4 Å². The molecule has 0 radical (unpaired) electrons. The van der Waals surface area contributed by atoms with E-state index in [0.29, 0.717) is 16.7 Å². The van der Waals surface area contributed by atoms with Gasteiger partial charge in [0.25, 0.3) is 5.56 Å². The van der Waals surface area contributed by atoms with E-state index in [0.717, 1.165) is 4.57 Å². The zero-order valence-corrected chi connectivity index (χ0v) is 14.7. The Bertz CT molecular complexity index is 1050. The summed E-state index contributed by atoms with van der Waals surface area (Å²) in [5.74, 6) is 0.116. The van der Waals surface area contributed by atoms with E-state index in [1.807, 2.05) is 19.0 Å². The molecule has 0 aliphatic carbocycles. The first-order valence-corrected chi connectivity index (χ1v) is 7.97. The number of hydrogen-bond donors (Lipinski definition) is 1. The van der Waals surface area contributed by atoms with Crippen molar-refractivity contribution in [3.63, 3.8) is 0 Å². The fourth-order valence-electron chi connectivity index (χ4n) is 2.83. The molecule has 0 amide bonds. The molecule has 1 N–H and O–H groups in total. The number of likely N-dealkylation sites (N-methyl/N-ethyl adjacent to an activating group) is 1. The van der Waals surface area contributed by atoms with Crippen molar-refractivity contribution in [2.75, 3.05) is 21.2 Å². The molecule has 8 heteroatoms. The number of methoxy groups -OCH3 is 1. The van der Waals surface area contributed by atoms with Gasteiger partial charge in [-0.25, -0.2) is 9.59 Å². The second kappa shape index (κ2) is 7.01. The van der Waals surface area contributed by atoms with Gasteiger partial charge in [0, 0.05) is 0 Å². The third-order valence-electron chi connectivity index (χ3n) is 4.25.